The molecule has 0 saturated carbocycles. The lowest BCUT2D eigenvalue weighted by Gasteiger charge is -2.20. The molecule has 0 aliphatic carbocycles. The van der Waals surface area contributed by atoms with Gasteiger partial charge in [-0.05, 0) is 24.1 Å². The fourth-order valence-electron chi connectivity index (χ4n) is 2.25. The lowest BCUT2D eigenvalue weighted by atomic mass is 9.90. The van der Waals surface area contributed by atoms with E-state index in [0.29, 0.717) is 27.9 Å². The maximum atomic E-state index is 9.97. The number of halogens is 2. The van der Waals surface area contributed by atoms with Crippen LogP contribution >= 0.6 is 23.2 Å². The Morgan fingerprint density at radius 2 is 1.95 bits per heavy atom. The summed E-state index contributed by atoms with van der Waals surface area (Å²) >= 11 is 12.3. The van der Waals surface area contributed by atoms with Crippen molar-refractivity contribution in [1.29, 1.82) is 0 Å². The van der Waals surface area contributed by atoms with E-state index in [0.717, 1.165) is 5.56 Å². The summed E-state index contributed by atoms with van der Waals surface area (Å²) in [6, 6.07) is 5.26. The van der Waals surface area contributed by atoms with Crippen LogP contribution in [0.1, 0.15) is 35.4 Å². The first kappa shape index (κ1) is 16.5. The molecule has 1 aromatic carbocycles. The van der Waals surface area contributed by atoms with Crippen LogP contribution in [0.3, 0.4) is 0 Å². The van der Waals surface area contributed by atoms with Crippen molar-refractivity contribution >= 4 is 23.2 Å². The fraction of sp³-hybridized carbons (Fsp3) is 0.176. The molecule has 2 aromatic rings. The van der Waals surface area contributed by atoms with Crippen molar-refractivity contribution in [2.24, 2.45) is 0 Å². The molecule has 2 rings (SSSR count). The van der Waals surface area contributed by atoms with Crippen LogP contribution in [0.2, 0.25) is 10.0 Å². The normalized spacial score (nSPS) is 13.2. The quantitative estimate of drug-likeness (QED) is 0.660. The molecule has 22 heavy (non-hydrogen) atoms. The Hall–Kier alpha value is -1.86. The van der Waals surface area contributed by atoms with E-state index in [-0.39, 0.29) is 5.92 Å². The Kier molecular flexibility index (Phi) is 5.57. The average molecular weight is 333 g/mol. The van der Waals surface area contributed by atoms with Crippen molar-refractivity contribution in [3.63, 3.8) is 0 Å². The number of hydrogen-bond acceptors (Lipinski definition) is 3. The van der Waals surface area contributed by atoms with E-state index in [4.69, 9.17) is 29.6 Å². The molecule has 112 valence electrons. The van der Waals surface area contributed by atoms with Gasteiger partial charge in [0.05, 0.1) is 5.69 Å². The summed E-state index contributed by atoms with van der Waals surface area (Å²) in [7, 11) is 0. The van der Waals surface area contributed by atoms with Crippen molar-refractivity contribution in [3.05, 3.63) is 70.2 Å². The van der Waals surface area contributed by atoms with Gasteiger partial charge >= 0.3 is 0 Å². The molecular formula is C17H14Cl2N2O. The molecule has 0 radical (unpaired) electrons. The van der Waals surface area contributed by atoms with Crippen LogP contribution < -0.4 is 0 Å². The van der Waals surface area contributed by atoms with Gasteiger partial charge in [0, 0.05) is 28.4 Å². The van der Waals surface area contributed by atoms with Crippen molar-refractivity contribution in [2.75, 3.05) is 0 Å². The number of terminal acetylenes is 1. The Morgan fingerprint density at radius 3 is 2.55 bits per heavy atom. The van der Waals surface area contributed by atoms with Crippen LogP contribution in [-0.2, 0) is 0 Å². The highest BCUT2D eigenvalue weighted by Crippen LogP contribution is 2.35. The first-order valence-corrected chi connectivity index (χ1v) is 7.35. The monoisotopic (exact) mass is 332 g/mol. The molecule has 1 N–H and O–H groups in total. The second-order valence-corrected chi connectivity index (χ2v) is 5.48. The molecular weight excluding hydrogens is 319 g/mol. The lowest BCUT2D eigenvalue weighted by molar-refractivity contribution is 0.231. The summed E-state index contributed by atoms with van der Waals surface area (Å²) in [6.07, 6.45) is 9.57. The zero-order valence-corrected chi connectivity index (χ0v) is 13.2. The highest BCUT2D eigenvalue weighted by atomic mass is 35.5. The number of rotatable bonds is 5. The molecule has 0 amide bonds. The van der Waals surface area contributed by atoms with Crippen molar-refractivity contribution in [3.8, 4) is 12.3 Å². The first-order valence-electron chi connectivity index (χ1n) is 6.59. The van der Waals surface area contributed by atoms with Gasteiger partial charge in [-0.2, -0.15) is 0 Å². The van der Waals surface area contributed by atoms with Gasteiger partial charge in [0.15, 0.2) is 6.10 Å². The minimum atomic E-state index is -1.12. The second-order valence-electron chi connectivity index (χ2n) is 4.64. The highest BCUT2D eigenvalue weighted by Gasteiger charge is 2.23. The number of hydrogen-bond donors (Lipinski definition) is 1. The maximum Gasteiger partial charge on any atom is 0.158 e. The summed E-state index contributed by atoms with van der Waals surface area (Å²) in [4.78, 5) is 8.52. The molecule has 0 fully saturated rings. The van der Waals surface area contributed by atoms with Crippen LogP contribution in [0.5, 0.6) is 0 Å². The van der Waals surface area contributed by atoms with Crippen molar-refractivity contribution in [1.82, 2.24) is 9.97 Å². The Balaban J connectivity index is 2.58. The molecule has 0 bridgehead atoms. The van der Waals surface area contributed by atoms with Gasteiger partial charge in [-0.3, -0.25) is 9.97 Å². The maximum absolute atomic E-state index is 9.97. The molecule has 1 aromatic heterocycles. The standard InChI is InChI=1S/C17H14Cl2N2O/c1-3-5-13(12-7-6-11(18)10-14(12)19)16-17(15(22)4-2)21-9-8-20-16/h2-3,6-10,13,15,22H,1,5H2. The van der Waals surface area contributed by atoms with Crippen LogP contribution in [0.25, 0.3) is 0 Å². The molecule has 1 heterocycles. The molecule has 2 unspecified atom stereocenters. The van der Waals surface area contributed by atoms with Crippen molar-refractivity contribution < 1.29 is 5.11 Å². The number of nitrogens with zero attached hydrogens (tertiary/aromatic N) is 2. The molecule has 0 saturated heterocycles. The lowest BCUT2D eigenvalue weighted by Crippen LogP contribution is -2.11. The summed E-state index contributed by atoms with van der Waals surface area (Å²) in [5.74, 6) is 2.05. The van der Waals surface area contributed by atoms with E-state index < -0.39 is 6.10 Å². The summed E-state index contributed by atoms with van der Waals surface area (Å²) in [5.41, 5.74) is 1.76. The topological polar surface area (TPSA) is 46.0 Å². The van der Waals surface area contributed by atoms with E-state index >= 15 is 0 Å². The second kappa shape index (κ2) is 7.42. The summed E-state index contributed by atoms with van der Waals surface area (Å²) in [6.45, 7) is 3.77. The molecule has 0 aliphatic rings. The summed E-state index contributed by atoms with van der Waals surface area (Å²) in [5, 5.41) is 11.0. The van der Waals surface area contributed by atoms with E-state index in [1.54, 1.807) is 24.4 Å². The van der Waals surface area contributed by atoms with Gasteiger partial charge in [0.1, 0.15) is 5.69 Å². The van der Waals surface area contributed by atoms with Crippen LogP contribution in [-0.4, -0.2) is 15.1 Å². The Morgan fingerprint density at radius 1 is 1.27 bits per heavy atom. The summed E-state index contributed by atoms with van der Waals surface area (Å²) < 4.78 is 0. The van der Waals surface area contributed by atoms with Crippen LogP contribution in [0, 0.1) is 12.3 Å². The minimum Gasteiger partial charge on any atom is -0.374 e. The van der Waals surface area contributed by atoms with Crippen LogP contribution in [0.15, 0.2) is 43.2 Å². The van der Waals surface area contributed by atoms with Gasteiger partial charge in [-0.25, -0.2) is 0 Å². The van der Waals surface area contributed by atoms with Gasteiger partial charge in [-0.15, -0.1) is 13.0 Å². The smallest absolute Gasteiger partial charge is 0.158 e. The third kappa shape index (κ3) is 3.48. The fourth-order valence-corrected chi connectivity index (χ4v) is 2.79. The van der Waals surface area contributed by atoms with E-state index in [9.17, 15) is 5.11 Å². The van der Waals surface area contributed by atoms with Gasteiger partial charge in [0.25, 0.3) is 0 Å². The van der Waals surface area contributed by atoms with Gasteiger partial charge in [0.2, 0.25) is 0 Å². The largest absolute Gasteiger partial charge is 0.374 e. The van der Waals surface area contributed by atoms with E-state index in [2.05, 4.69) is 22.5 Å². The van der Waals surface area contributed by atoms with Crippen LogP contribution in [0.4, 0.5) is 0 Å². The number of aromatic nitrogens is 2. The zero-order valence-electron chi connectivity index (χ0n) is 11.7. The molecule has 5 heteroatoms. The Labute approximate surface area is 139 Å². The highest BCUT2D eigenvalue weighted by molar-refractivity contribution is 6.35. The predicted molar refractivity (Wildman–Crippen MR) is 88.9 cm³/mol. The molecule has 0 aliphatic heterocycles. The number of allylic oxidation sites excluding steroid dienone is 1. The van der Waals surface area contributed by atoms with E-state index in [1.807, 2.05) is 6.07 Å². The van der Waals surface area contributed by atoms with Crippen molar-refractivity contribution in [2.45, 2.75) is 18.4 Å². The number of aliphatic hydroxyl groups excluding tert-OH is 1. The SMILES string of the molecule is C#CC(O)c1nccnc1C(CC=C)c1ccc(Cl)cc1Cl. The molecule has 2 atom stereocenters. The Bertz CT molecular complexity index is 725. The van der Waals surface area contributed by atoms with E-state index in [1.165, 1.54) is 6.20 Å². The third-order valence-electron chi connectivity index (χ3n) is 3.24. The third-order valence-corrected chi connectivity index (χ3v) is 3.81. The van der Waals surface area contributed by atoms with Gasteiger partial charge < -0.3 is 5.11 Å². The molecule has 3 nitrogen and oxygen atoms in total. The molecule has 0 spiro atoms. The first-order chi connectivity index (χ1) is 10.6. The minimum absolute atomic E-state index is 0.214. The van der Waals surface area contributed by atoms with Gasteiger partial charge in [-0.1, -0.05) is 41.3 Å². The average Bonchev–Trinajstić information content (AvgIpc) is 2.52. The predicted octanol–water partition coefficient (Wildman–Crippen LogP) is 4.16. The zero-order chi connectivity index (χ0) is 16.1. The number of benzene rings is 1. The number of aliphatic hydroxyl groups is 1.